The van der Waals surface area contributed by atoms with Crippen LogP contribution in [0.5, 0.6) is 0 Å². The molecular formula is C18H27ClN4O2. The van der Waals surface area contributed by atoms with E-state index in [2.05, 4.69) is 15.1 Å². The molecule has 6 nitrogen and oxygen atoms in total. The van der Waals surface area contributed by atoms with Gasteiger partial charge in [0.25, 0.3) is 0 Å². The minimum absolute atomic E-state index is 0.0550. The summed E-state index contributed by atoms with van der Waals surface area (Å²) < 4.78 is 0. The summed E-state index contributed by atoms with van der Waals surface area (Å²) in [6.07, 6.45) is 0.924. The molecule has 0 radical (unpaired) electrons. The van der Waals surface area contributed by atoms with Crippen molar-refractivity contribution in [1.29, 1.82) is 0 Å². The zero-order valence-electron chi connectivity index (χ0n) is 14.9. The summed E-state index contributed by atoms with van der Waals surface area (Å²) in [6.45, 7) is 7.46. The van der Waals surface area contributed by atoms with E-state index in [9.17, 15) is 9.59 Å². The number of hydrogen-bond donors (Lipinski definition) is 2. The first-order valence-corrected chi connectivity index (χ1v) is 9.12. The molecule has 2 unspecified atom stereocenters. The summed E-state index contributed by atoms with van der Waals surface area (Å²) in [4.78, 5) is 28.3. The standard InChI is InChI=1S/C18H27ClN4O2/c1-3-8-21-18(25)13(2)22-9-11-23(12-10-22)16(17(20)24)14-4-6-15(19)7-5-14/h4-7,13,16H,3,8-12H2,1-2H3,(H2,20,24)(H,21,25). The second-order valence-electron chi connectivity index (χ2n) is 6.40. The fourth-order valence-electron chi connectivity index (χ4n) is 3.14. The first-order chi connectivity index (χ1) is 11.9. The van der Waals surface area contributed by atoms with Gasteiger partial charge in [0.05, 0.1) is 6.04 Å². The molecule has 3 N–H and O–H groups in total. The van der Waals surface area contributed by atoms with Crippen LogP contribution < -0.4 is 11.1 Å². The van der Waals surface area contributed by atoms with Crippen LogP contribution in [0.2, 0.25) is 5.02 Å². The highest BCUT2D eigenvalue weighted by molar-refractivity contribution is 6.30. The maximum absolute atomic E-state index is 12.1. The summed E-state index contributed by atoms with van der Waals surface area (Å²) in [6, 6.07) is 6.57. The third-order valence-corrected chi connectivity index (χ3v) is 4.90. The van der Waals surface area contributed by atoms with E-state index in [1.165, 1.54) is 0 Å². The maximum Gasteiger partial charge on any atom is 0.239 e. The molecule has 0 saturated carbocycles. The lowest BCUT2D eigenvalue weighted by molar-refractivity contribution is -0.129. The van der Waals surface area contributed by atoms with Crippen molar-refractivity contribution in [3.8, 4) is 0 Å². The van der Waals surface area contributed by atoms with Gasteiger partial charge in [0.2, 0.25) is 11.8 Å². The predicted molar refractivity (Wildman–Crippen MR) is 99.3 cm³/mol. The number of amides is 2. The topological polar surface area (TPSA) is 78.7 Å². The summed E-state index contributed by atoms with van der Waals surface area (Å²) >= 11 is 5.93. The monoisotopic (exact) mass is 366 g/mol. The van der Waals surface area contributed by atoms with Gasteiger partial charge < -0.3 is 11.1 Å². The van der Waals surface area contributed by atoms with Crippen LogP contribution in [0.4, 0.5) is 0 Å². The first-order valence-electron chi connectivity index (χ1n) is 8.74. The van der Waals surface area contributed by atoms with Crippen molar-refractivity contribution in [2.75, 3.05) is 32.7 Å². The average Bonchev–Trinajstić information content (AvgIpc) is 2.61. The van der Waals surface area contributed by atoms with Gasteiger partial charge in [-0.05, 0) is 31.0 Å². The molecule has 1 heterocycles. The third kappa shape index (κ3) is 5.17. The quantitative estimate of drug-likeness (QED) is 0.764. The second-order valence-corrected chi connectivity index (χ2v) is 6.83. The Morgan fingerprint density at radius 2 is 1.72 bits per heavy atom. The van der Waals surface area contributed by atoms with Crippen LogP contribution in [0.1, 0.15) is 31.9 Å². The fraction of sp³-hybridized carbons (Fsp3) is 0.556. The van der Waals surface area contributed by atoms with Crippen LogP contribution in [0, 0.1) is 0 Å². The van der Waals surface area contributed by atoms with Crippen molar-refractivity contribution < 1.29 is 9.59 Å². The summed E-state index contributed by atoms with van der Waals surface area (Å²) in [5.41, 5.74) is 6.49. The van der Waals surface area contributed by atoms with Crippen LogP contribution in [0.3, 0.4) is 0 Å². The van der Waals surface area contributed by atoms with Crippen molar-refractivity contribution >= 4 is 23.4 Å². The van der Waals surface area contributed by atoms with Crippen LogP contribution in [0.15, 0.2) is 24.3 Å². The molecule has 25 heavy (non-hydrogen) atoms. The molecule has 1 aromatic carbocycles. The van der Waals surface area contributed by atoms with Gasteiger partial charge >= 0.3 is 0 Å². The van der Waals surface area contributed by atoms with E-state index in [-0.39, 0.29) is 17.9 Å². The number of piperazine rings is 1. The minimum Gasteiger partial charge on any atom is -0.368 e. The van der Waals surface area contributed by atoms with Gasteiger partial charge in [0.15, 0.2) is 0 Å². The number of carbonyl (C=O) groups excluding carboxylic acids is 2. The Morgan fingerprint density at radius 1 is 1.16 bits per heavy atom. The molecule has 2 atom stereocenters. The molecule has 138 valence electrons. The molecule has 0 aliphatic carbocycles. The van der Waals surface area contributed by atoms with Crippen LogP contribution in [-0.4, -0.2) is 60.4 Å². The summed E-state index contributed by atoms with van der Waals surface area (Å²) in [5.74, 6) is -0.316. The molecule has 7 heteroatoms. The molecule has 2 amide bonds. The van der Waals surface area contributed by atoms with Gasteiger partial charge in [-0.2, -0.15) is 0 Å². The van der Waals surface area contributed by atoms with Crippen LogP contribution >= 0.6 is 11.6 Å². The second kappa shape index (κ2) is 9.17. The van der Waals surface area contributed by atoms with Gasteiger partial charge in [-0.25, -0.2) is 0 Å². The molecule has 0 spiro atoms. The molecule has 1 aromatic rings. The Morgan fingerprint density at radius 3 is 2.24 bits per heavy atom. The number of halogens is 1. The zero-order chi connectivity index (χ0) is 18.4. The fourth-order valence-corrected chi connectivity index (χ4v) is 3.27. The van der Waals surface area contributed by atoms with Crippen molar-refractivity contribution in [3.63, 3.8) is 0 Å². The number of carbonyl (C=O) groups is 2. The van der Waals surface area contributed by atoms with Crippen LogP contribution in [-0.2, 0) is 9.59 Å². The normalized spacial score (nSPS) is 18.5. The van der Waals surface area contributed by atoms with E-state index in [0.717, 1.165) is 25.1 Å². The highest BCUT2D eigenvalue weighted by atomic mass is 35.5. The van der Waals surface area contributed by atoms with E-state index >= 15 is 0 Å². The largest absolute Gasteiger partial charge is 0.368 e. The number of hydrogen-bond acceptors (Lipinski definition) is 4. The summed E-state index contributed by atoms with van der Waals surface area (Å²) in [7, 11) is 0. The smallest absolute Gasteiger partial charge is 0.239 e. The number of rotatable bonds is 7. The molecule has 0 aromatic heterocycles. The van der Waals surface area contributed by atoms with E-state index in [0.29, 0.717) is 24.7 Å². The van der Waals surface area contributed by atoms with Gasteiger partial charge in [0, 0.05) is 37.7 Å². The molecule has 1 saturated heterocycles. The maximum atomic E-state index is 12.1. The van der Waals surface area contributed by atoms with Crippen molar-refractivity contribution in [3.05, 3.63) is 34.9 Å². The van der Waals surface area contributed by atoms with Crippen molar-refractivity contribution in [1.82, 2.24) is 15.1 Å². The molecule has 1 aliphatic heterocycles. The lowest BCUT2D eigenvalue weighted by Crippen LogP contribution is -2.55. The summed E-state index contributed by atoms with van der Waals surface area (Å²) in [5, 5.41) is 3.56. The average molecular weight is 367 g/mol. The van der Waals surface area contributed by atoms with E-state index in [4.69, 9.17) is 17.3 Å². The molecule has 1 aliphatic rings. The molecule has 2 rings (SSSR count). The lowest BCUT2D eigenvalue weighted by atomic mass is 10.0. The Kier molecular flexibility index (Phi) is 7.23. The third-order valence-electron chi connectivity index (χ3n) is 4.65. The first kappa shape index (κ1) is 19.7. The van der Waals surface area contributed by atoms with Gasteiger partial charge in [0.1, 0.15) is 6.04 Å². The number of nitrogens with zero attached hydrogens (tertiary/aromatic N) is 2. The SMILES string of the molecule is CCCNC(=O)C(C)N1CCN(C(C(N)=O)c2ccc(Cl)cc2)CC1. The molecular weight excluding hydrogens is 340 g/mol. The van der Waals surface area contributed by atoms with E-state index in [1.807, 2.05) is 26.0 Å². The highest BCUT2D eigenvalue weighted by Gasteiger charge is 2.31. The lowest BCUT2D eigenvalue weighted by Gasteiger charge is -2.40. The number of nitrogens with one attached hydrogen (secondary N) is 1. The Hall–Kier alpha value is -1.63. The molecule has 0 bridgehead atoms. The van der Waals surface area contributed by atoms with Crippen LogP contribution in [0.25, 0.3) is 0 Å². The molecule has 1 fully saturated rings. The zero-order valence-corrected chi connectivity index (χ0v) is 15.6. The highest BCUT2D eigenvalue weighted by Crippen LogP contribution is 2.24. The van der Waals surface area contributed by atoms with E-state index < -0.39 is 6.04 Å². The van der Waals surface area contributed by atoms with Crippen molar-refractivity contribution in [2.45, 2.75) is 32.4 Å². The van der Waals surface area contributed by atoms with Crippen molar-refractivity contribution in [2.24, 2.45) is 5.73 Å². The Bertz CT molecular complexity index is 585. The number of primary amides is 1. The predicted octanol–water partition coefficient (Wildman–Crippen LogP) is 1.40. The van der Waals surface area contributed by atoms with Gasteiger partial charge in [-0.1, -0.05) is 30.7 Å². The van der Waals surface area contributed by atoms with E-state index in [1.54, 1.807) is 12.1 Å². The van der Waals surface area contributed by atoms with Gasteiger partial charge in [-0.3, -0.25) is 19.4 Å². The number of nitrogens with two attached hydrogens (primary N) is 1. The minimum atomic E-state index is -0.469. The Labute approximate surface area is 154 Å². The number of benzene rings is 1. The van der Waals surface area contributed by atoms with Gasteiger partial charge in [-0.15, -0.1) is 0 Å². The Balaban J connectivity index is 1.98.